The molecular formula is C22H33N5. The zero-order chi connectivity index (χ0) is 19.1. The number of guanidine groups is 1. The Labute approximate surface area is 163 Å². The molecule has 3 rings (SSSR count). The number of rotatable bonds is 6. The second-order valence-corrected chi connectivity index (χ2v) is 7.91. The van der Waals surface area contributed by atoms with Gasteiger partial charge >= 0.3 is 0 Å². The van der Waals surface area contributed by atoms with E-state index in [-0.39, 0.29) is 0 Å². The Morgan fingerprint density at radius 1 is 1.15 bits per heavy atom. The number of aliphatic imine (C=N–C) groups is 1. The van der Waals surface area contributed by atoms with Gasteiger partial charge in [-0.1, -0.05) is 44.2 Å². The first kappa shape index (κ1) is 19.5. The first-order chi connectivity index (χ1) is 13.1. The van der Waals surface area contributed by atoms with Crippen molar-refractivity contribution in [3.05, 3.63) is 54.1 Å². The molecule has 1 aromatic carbocycles. The quantitative estimate of drug-likeness (QED) is 0.603. The van der Waals surface area contributed by atoms with Gasteiger partial charge in [0.1, 0.15) is 12.4 Å². The summed E-state index contributed by atoms with van der Waals surface area (Å²) in [6.07, 6.45) is 7.67. The van der Waals surface area contributed by atoms with Crippen LogP contribution >= 0.6 is 0 Å². The molecule has 1 aliphatic carbocycles. The third kappa shape index (κ3) is 5.84. The highest BCUT2D eigenvalue weighted by molar-refractivity contribution is 5.80. The highest BCUT2D eigenvalue weighted by Gasteiger charge is 2.24. The van der Waals surface area contributed by atoms with Gasteiger partial charge in [0.15, 0.2) is 5.96 Å². The van der Waals surface area contributed by atoms with Gasteiger partial charge in [0.25, 0.3) is 0 Å². The van der Waals surface area contributed by atoms with Crippen LogP contribution in [-0.4, -0.2) is 28.1 Å². The Morgan fingerprint density at radius 3 is 2.59 bits per heavy atom. The summed E-state index contributed by atoms with van der Waals surface area (Å²) in [5.74, 6) is 3.44. The van der Waals surface area contributed by atoms with Crippen molar-refractivity contribution in [3.63, 3.8) is 0 Å². The molecule has 0 aliphatic heterocycles. The molecule has 2 unspecified atom stereocenters. The fourth-order valence-corrected chi connectivity index (χ4v) is 4.14. The number of hydrogen-bond acceptors (Lipinski definition) is 2. The van der Waals surface area contributed by atoms with E-state index in [0.717, 1.165) is 36.7 Å². The smallest absolute Gasteiger partial charge is 0.191 e. The Kier molecular flexibility index (Phi) is 6.91. The summed E-state index contributed by atoms with van der Waals surface area (Å²) in [4.78, 5) is 9.33. The molecule has 2 atom stereocenters. The standard InChI is InChI=1S/C22H33N5/c1-4-23-22(26-20-13-17(2)12-18(3)14-20)25-15-21-24-10-11-27(21)16-19-8-6-5-7-9-19/h5-11,17-18,20H,4,12-16H2,1-3H3,(H2,23,25,26). The molecule has 0 bridgehead atoms. The summed E-state index contributed by atoms with van der Waals surface area (Å²) in [5.41, 5.74) is 1.27. The molecule has 27 heavy (non-hydrogen) atoms. The first-order valence-corrected chi connectivity index (χ1v) is 10.2. The minimum Gasteiger partial charge on any atom is -0.357 e. The number of imidazole rings is 1. The average Bonchev–Trinajstić information content (AvgIpc) is 3.07. The second kappa shape index (κ2) is 9.58. The van der Waals surface area contributed by atoms with Crippen LogP contribution in [0.15, 0.2) is 47.7 Å². The molecule has 1 fully saturated rings. The first-order valence-electron chi connectivity index (χ1n) is 10.2. The van der Waals surface area contributed by atoms with Crippen LogP contribution in [0.5, 0.6) is 0 Å². The van der Waals surface area contributed by atoms with Gasteiger partial charge in [-0.25, -0.2) is 9.98 Å². The van der Waals surface area contributed by atoms with Crippen molar-refractivity contribution in [1.82, 2.24) is 20.2 Å². The molecule has 1 saturated carbocycles. The molecule has 0 amide bonds. The zero-order valence-electron chi connectivity index (χ0n) is 16.9. The Hall–Kier alpha value is -2.30. The Morgan fingerprint density at radius 2 is 1.89 bits per heavy atom. The molecule has 5 heteroatoms. The number of aromatic nitrogens is 2. The Balaban J connectivity index is 1.64. The van der Waals surface area contributed by atoms with Crippen LogP contribution in [0.1, 0.15) is 51.4 Å². The van der Waals surface area contributed by atoms with Crippen LogP contribution in [0.4, 0.5) is 0 Å². The fourth-order valence-electron chi connectivity index (χ4n) is 4.14. The molecule has 1 aliphatic rings. The van der Waals surface area contributed by atoms with E-state index in [4.69, 9.17) is 4.99 Å². The van der Waals surface area contributed by atoms with Crippen molar-refractivity contribution in [2.24, 2.45) is 16.8 Å². The topological polar surface area (TPSA) is 54.2 Å². The summed E-state index contributed by atoms with van der Waals surface area (Å²) in [6, 6.07) is 11.0. The van der Waals surface area contributed by atoms with Crippen LogP contribution in [0.2, 0.25) is 0 Å². The minimum atomic E-state index is 0.505. The monoisotopic (exact) mass is 367 g/mol. The van der Waals surface area contributed by atoms with Crippen LogP contribution in [0.3, 0.4) is 0 Å². The van der Waals surface area contributed by atoms with E-state index in [1.54, 1.807) is 0 Å². The van der Waals surface area contributed by atoms with E-state index >= 15 is 0 Å². The lowest BCUT2D eigenvalue weighted by Crippen LogP contribution is -2.46. The summed E-state index contributed by atoms with van der Waals surface area (Å²) in [6.45, 7) is 9.09. The molecule has 1 heterocycles. The van der Waals surface area contributed by atoms with E-state index in [0.29, 0.717) is 12.6 Å². The molecule has 0 saturated heterocycles. The molecule has 2 aromatic rings. The van der Waals surface area contributed by atoms with E-state index < -0.39 is 0 Å². The normalized spacial score (nSPS) is 23.2. The number of nitrogens with one attached hydrogen (secondary N) is 2. The molecule has 1 aromatic heterocycles. The lowest BCUT2D eigenvalue weighted by molar-refractivity contribution is 0.255. The van der Waals surface area contributed by atoms with E-state index in [1.165, 1.54) is 24.8 Å². The van der Waals surface area contributed by atoms with Crippen molar-refractivity contribution in [2.75, 3.05) is 6.54 Å². The zero-order valence-corrected chi connectivity index (χ0v) is 16.9. The van der Waals surface area contributed by atoms with Crippen molar-refractivity contribution in [2.45, 2.75) is 59.2 Å². The van der Waals surface area contributed by atoms with Crippen LogP contribution < -0.4 is 10.6 Å². The maximum atomic E-state index is 4.81. The van der Waals surface area contributed by atoms with E-state index in [9.17, 15) is 0 Å². The van der Waals surface area contributed by atoms with Gasteiger partial charge in [0, 0.05) is 31.5 Å². The molecule has 0 radical (unpaired) electrons. The van der Waals surface area contributed by atoms with E-state index in [2.05, 4.69) is 65.2 Å². The molecule has 5 nitrogen and oxygen atoms in total. The fraction of sp³-hybridized carbons (Fsp3) is 0.545. The summed E-state index contributed by atoms with van der Waals surface area (Å²) >= 11 is 0. The molecule has 2 N–H and O–H groups in total. The lowest BCUT2D eigenvalue weighted by atomic mass is 9.80. The van der Waals surface area contributed by atoms with Gasteiger partial charge in [0.05, 0.1) is 0 Å². The van der Waals surface area contributed by atoms with Crippen LogP contribution in [-0.2, 0) is 13.1 Å². The highest BCUT2D eigenvalue weighted by Crippen LogP contribution is 2.28. The third-order valence-electron chi connectivity index (χ3n) is 5.24. The summed E-state index contributed by atoms with van der Waals surface area (Å²) in [7, 11) is 0. The highest BCUT2D eigenvalue weighted by atomic mass is 15.2. The summed E-state index contributed by atoms with van der Waals surface area (Å²) < 4.78 is 2.17. The largest absolute Gasteiger partial charge is 0.357 e. The number of hydrogen-bond donors (Lipinski definition) is 2. The van der Waals surface area contributed by atoms with Crippen molar-refractivity contribution >= 4 is 5.96 Å². The molecule has 0 spiro atoms. The maximum absolute atomic E-state index is 4.81. The van der Waals surface area contributed by atoms with Crippen LogP contribution in [0.25, 0.3) is 0 Å². The number of nitrogens with zero attached hydrogens (tertiary/aromatic N) is 3. The molecule has 146 valence electrons. The van der Waals surface area contributed by atoms with Gasteiger partial charge in [-0.05, 0) is 43.6 Å². The van der Waals surface area contributed by atoms with Crippen LogP contribution in [0, 0.1) is 11.8 Å². The maximum Gasteiger partial charge on any atom is 0.191 e. The summed E-state index contributed by atoms with van der Waals surface area (Å²) in [5, 5.41) is 7.04. The van der Waals surface area contributed by atoms with Gasteiger partial charge in [0.2, 0.25) is 0 Å². The molecular weight excluding hydrogens is 334 g/mol. The van der Waals surface area contributed by atoms with Crippen molar-refractivity contribution < 1.29 is 0 Å². The average molecular weight is 368 g/mol. The predicted octanol–water partition coefficient (Wildman–Crippen LogP) is 3.81. The predicted molar refractivity (Wildman–Crippen MR) is 112 cm³/mol. The van der Waals surface area contributed by atoms with Crippen molar-refractivity contribution in [1.29, 1.82) is 0 Å². The minimum absolute atomic E-state index is 0.505. The third-order valence-corrected chi connectivity index (χ3v) is 5.24. The van der Waals surface area contributed by atoms with E-state index in [1.807, 2.05) is 18.5 Å². The number of benzene rings is 1. The van der Waals surface area contributed by atoms with Gasteiger partial charge in [-0.2, -0.15) is 0 Å². The van der Waals surface area contributed by atoms with Gasteiger partial charge in [-0.15, -0.1) is 0 Å². The van der Waals surface area contributed by atoms with Crippen molar-refractivity contribution in [3.8, 4) is 0 Å². The Bertz CT molecular complexity index is 711. The van der Waals surface area contributed by atoms with Gasteiger partial charge in [-0.3, -0.25) is 0 Å². The van der Waals surface area contributed by atoms with Gasteiger partial charge < -0.3 is 15.2 Å². The lowest BCUT2D eigenvalue weighted by Gasteiger charge is -2.32. The SMILES string of the molecule is CCNC(=NCc1nccn1Cc1ccccc1)NC1CC(C)CC(C)C1. The second-order valence-electron chi connectivity index (χ2n) is 7.91.